The number of H-pyrrole nitrogens is 1. The third-order valence-corrected chi connectivity index (χ3v) is 5.82. The van der Waals surface area contributed by atoms with Crippen LogP contribution in [0.1, 0.15) is 47.6 Å². The molecule has 32 heavy (non-hydrogen) atoms. The number of carbonyl (C=O) groups is 1. The second-order valence-electron chi connectivity index (χ2n) is 8.24. The van der Waals surface area contributed by atoms with Crippen LogP contribution in [0.4, 0.5) is 5.82 Å². The van der Waals surface area contributed by atoms with E-state index in [2.05, 4.69) is 37.7 Å². The first-order valence-corrected chi connectivity index (χ1v) is 11.0. The molecule has 1 amide bonds. The lowest BCUT2D eigenvalue weighted by Crippen LogP contribution is -2.32. The molecule has 3 aromatic heterocycles. The molecule has 5 rings (SSSR count). The van der Waals surface area contributed by atoms with Crippen molar-refractivity contribution < 1.29 is 4.79 Å². The molecule has 7 heteroatoms. The first-order valence-electron chi connectivity index (χ1n) is 11.0. The smallest absolute Gasteiger partial charge is 0.226 e. The zero-order valence-electron chi connectivity index (χ0n) is 18.0. The number of hydrogen-bond acceptors (Lipinski definition) is 5. The number of fused-ring (bicyclic) bond motifs is 1. The van der Waals surface area contributed by atoms with Gasteiger partial charge >= 0.3 is 0 Å². The van der Waals surface area contributed by atoms with Gasteiger partial charge in [-0.15, -0.1) is 0 Å². The Morgan fingerprint density at radius 1 is 1.16 bits per heavy atom. The van der Waals surface area contributed by atoms with Crippen molar-refractivity contribution in [3.63, 3.8) is 0 Å². The van der Waals surface area contributed by atoms with Gasteiger partial charge in [0, 0.05) is 54.4 Å². The van der Waals surface area contributed by atoms with E-state index in [4.69, 9.17) is 4.98 Å². The van der Waals surface area contributed by atoms with Crippen LogP contribution in [-0.4, -0.2) is 32.9 Å². The van der Waals surface area contributed by atoms with Gasteiger partial charge in [0.25, 0.3) is 0 Å². The third-order valence-electron chi connectivity index (χ3n) is 5.82. The summed E-state index contributed by atoms with van der Waals surface area (Å²) in [5.41, 5.74) is 3.79. The van der Waals surface area contributed by atoms with Crippen LogP contribution < -0.4 is 10.6 Å². The van der Waals surface area contributed by atoms with Gasteiger partial charge in [0.05, 0.1) is 18.2 Å². The number of benzene rings is 1. The molecule has 0 saturated heterocycles. The maximum Gasteiger partial charge on any atom is 0.226 e. The number of rotatable bonds is 8. The Labute approximate surface area is 186 Å². The highest BCUT2D eigenvalue weighted by Crippen LogP contribution is 2.39. The monoisotopic (exact) mass is 426 g/mol. The van der Waals surface area contributed by atoms with Crippen LogP contribution in [0.15, 0.2) is 60.9 Å². The van der Waals surface area contributed by atoms with E-state index in [-0.39, 0.29) is 18.4 Å². The standard InChI is InChI=1S/C25H26N6O/c1-26-23-14-22(30-25(31-23)16-9-10-16)21(29-24(32)13-18-6-4-5-11-27-18)12-17-15-28-20-8-3-2-7-19(17)20/h2-8,11,14-16,21,28H,9-10,12-13H2,1H3,(H,29,32)(H,26,30,31). The van der Waals surface area contributed by atoms with Gasteiger partial charge in [-0.3, -0.25) is 9.78 Å². The van der Waals surface area contributed by atoms with Crippen molar-refractivity contribution in [2.75, 3.05) is 12.4 Å². The average Bonchev–Trinajstić information content (AvgIpc) is 3.60. The number of amides is 1. The van der Waals surface area contributed by atoms with Crippen molar-refractivity contribution in [3.05, 3.63) is 83.7 Å². The maximum absolute atomic E-state index is 13.0. The normalized spacial score (nSPS) is 14.3. The zero-order chi connectivity index (χ0) is 21.9. The van der Waals surface area contributed by atoms with Crippen LogP contribution in [0.5, 0.6) is 0 Å². The summed E-state index contributed by atoms with van der Waals surface area (Å²) in [5.74, 6) is 1.97. The third kappa shape index (κ3) is 4.46. The zero-order valence-corrected chi connectivity index (χ0v) is 18.0. The molecular weight excluding hydrogens is 400 g/mol. The summed E-state index contributed by atoms with van der Waals surface area (Å²) in [6.45, 7) is 0. The second-order valence-corrected chi connectivity index (χ2v) is 8.24. The van der Waals surface area contributed by atoms with Crippen LogP contribution in [-0.2, 0) is 17.6 Å². The van der Waals surface area contributed by atoms with Crippen LogP contribution in [0.2, 0.25) is 0 Å². The fourth-order valence-corrected chi connectivity index (χ4v) is 3.98. The summed E-state index contributed by atoms with van der Waals surface area (Å²) < 4.78 is 0. The van der Waals surface area contributed by atoms with Crippen molar-refractivity contribution in [2.24, 2.45) is 0 Å². The van der Waals surface area contributed by atoms with Crippen molar-refractivity contribution >= 4 is 22.6 Å². The molecule has 0 spiro atoms. The van der Waals surface area contributed by atoms with Crippen molar-refractivity contribution in [1.82, 2.24) is 25.3 Å². The Morgan fingerprint density at radius 3 is 2.78 bits per heavy atom. The second kappa shape index (κ2) is 8.78. The van der Waals surface area contributed by atoms with Crippen molar-refractivity contribution in [3.8, 4) is 0 Å². The molecule has 0 bridgehead atoms. The van der Waals surface area contributed by atoms with E-state index in [1.54, 1.807) is 6.20 Å². The van der Waals surface area contributed by atoms with Gasteiger partial charge < -0.3 is 15.6 Å². The highest BCUT2D eigenvalue weighted by atomic mass is 16.1. The molecule has 7 nitrogen and oxygen atoms in total. The lowest BCUT2D eigenvalue weighted by molar-refractivity contribution is -0.121. The summed E-state index contributed by atoms with van der Waals surface area (Å²) in [6.07, 6.45) is 6.81. The molecule has 1 aromatic carbocycles. The van der Waals surface area contributed by atoms with Gasteiger partial charge in [0.1, 0.15) is 11.6 Å². The Kier molecular flexibility index (Phi) is 5.54. The van der Waals surface area contributed by atoms with Gasteiger partial charge in [-0.2, -0.15) is 0 Å². The number of carbonyl (C=O) groups excluding carboxylic acids is 1. The summed E-state index contributed by atoms with van der Waals surface area (Å²) in [5, 5.41) is 7.51. The number of nitrogens with zero attached hydrogens (tertiary/aromatic N) is 3. The maximum atomic E-state index is 13.0. The molecule has 3 heterocycles. The molecule has 4 aromatic rings. The van der Waals surface area contributed by atoms with Crippen LogP contribution in [0, 0.1) is 0 Å². The molecule has 0 aliphatic heterocycles. The summed E-state index contributed by atoms with van der Waals surface area (Å²) >= 11 is 0. The van der Waals surface area contributed by atoms with Crippen molar-refractivity contribution in [2.45, 2.75) is 37.6 Å². The molecule has 1 aliphatic carbocycles. The fourth-order valence-electron chi connectivity index (χ4n) is 3.98. The lowest BCUT2D eigenvalue weighted by Gasteiger charge is -2.20. The molecule has 1 aliphatic rings. The van der Waals surface area contributed by atoms with E-state index in [9.17, 15) is 4.79 Å². The molecular formula is C25H26N6O. The highest BCUT2D eigenvalue weighted by molar-refractivity contribution is 5.83. The van der Waals surface area contributed by atoms with Crippen LogP contribution >= 0.6 is 0 Å². The van der Waals surface area contributed by atoms with E-state index in [0.717, 1.165) is 52.3 Å². The number of nitrogens with one attached hydrogen (secondary N) is 3. The Balaban J connectivity index is 1.47. The first kappa shape index (κ1) is 20.2. The number of para-hydroxylation sites is 1. The summed E-state index contributed by atoms with van der Waals surface area (Å²) in [6, 6.07) is 15.5. The quantitative estimate of drug-likeness (QED) is 0.397. The van der Waals surface area contributed by atoms with Crippen molar-refractivity contribution in [1.29, 1.82) is 0 Å². The number of aromatic amines is 1. The minimum Gasteiger partial charge on any atom is -0.373 e. The minimum absolute atomic E-state index is 0.0777. The van der Waals surface area contributed by atoms with E-state index in [1.165, 1.54) is 0 Å². The van der Waals surface area contributed by atoms with E-state index in [0.29, 0.717) is 12.3 Å². The highest BCUT2D eigenvalue weighted by Gasteiger charge is 2.29. The molecule has 162 valence electrons. The van der Waals surface area contributed by atoms with Gasteiger partial charge in [-0.1, -0.05) is 24.3 Å². The predicted molar refractivity (Wildman–Crippen MR) is 124 cm³/mol. The van der Waals surface area contributed by atoms with E-state index >= 15 is 0 Å². The number of pyridine rings is 1. The Morgan fingerprint density at radius 2 is 2.00 bits per heavy atom. The predicted octanol–water partition coefficient (Wildman–Crippen LogP) is 3.91. The van der Waals surface area contributed by atoms with E-state index in [1.807, 2.05) is 49.6 Å². The minimum atomic E-state index is -0.280. The molecule has 1 unspecified atom stereocenters. The van der Waals surface area contributed by atoms with Gasteiger partial charge in [-0.25, -0.2) is 9.97 Å². The average molecular weight is 427 g/mol. The van der Waals surface area contributed by atoms with Crippen LogP contribution in [0.3, 0.4) is 0 Å². The number of anilines is 1. The first-order chi connectivity index (χ1) is 15.7. The topological polar surface area (TPSA) is 95.6 Å². The molecule has 1 fully saturated rings. The lowest BCUT2D eigenvalue weighted by atomic mass is 10.0. The molecule has 3 N–H and O–H groups in total. The Hall–Kier alpha value is -3.74. The Bertz CT molecular complexity index is 1230. The number of hydrogen-bond donors (Lipinski definition) is 3. The fraction of sp³-hybridized carbons (Fsp3) is 0.280. The van der Waals surface area contributed by atoms with Crippen LogP contribution in [0.25, 0.3) is 10.9 Å². The molecule has 0 radical (unpaired) electrons. The number of aromatic nitrogens is 4. The molecule has 1 atom stereocenters. The van der Waals surface area contributed by atoms with E-state index < -0.39 is 0 Å². The molecule has 1 saturated carbocycles. The summed E-state index contributed by atoms with van der Waals surface area (Å²) in [7, 11) is 1.86. The summed E-state index contributed by atoms with van der Waals surface area (Å²) in [4.78, 5) is 30.1. The van der Waals surface area contributed by atoms with Gasteiger partial charge in [0.15, 0.2) is 0 Å². The SMILES string of the molecule is CNc1cc(C(Cc2c[nH]c3ccccc23)NC(=O)Cc2ccccn2)nc(C2CC2)n1. The largest absolute Gasteiger partial charge is 0.373 e. The van der Waals surface area contributed by atoms with Gasteiger partial charge in [-0.05, 0) is 36.6 Å². The van der Waals surface area contributed by atoms with Gasteiger partial charge in [0.2, 0.25) is 5.91 Å².